The molecule has 1 aliphatic carbocycles. The fourth-order valence-corrected chi connectivity index (χ4v) is 2.73. The van der Waals surface area contributed by atoms with E-state index in [1.165, 1.54) is 6.07 Å². The number of carbonyl (C=O) groups is 2. The molecule has 5 heteroatoms. The maximum Gasteiger partial charge on any atom is 0.248 e. The second-order valence-electron chi connectivity index (χ2n) is 5.84. The lowest BCUT2D eigenvalue weighted by Gasteiger charge is -2.11. The van der Waals surface area contributed by atoms with Gasteiger partial charge in [-0.05, 0) is 37.0 Å². The lowest BCUT2D eigenvalue weighted by atomic mass is 10.1. The number of hydrogen-bond acceptors (Lipinski definition) is 2. The monoisotopic (exact) mass is 312 g/mol. The molecule has 0 bridgehead atoms. The van der Waals surface area contributed by atoms with E-state index in [0.29, 0.717) is 11.3 Å². The van der Waals surface area contributed by atoms with Crippen molar-refractivity contribution in [2.45, 2.75) is 19.3 Å². The third-order valence-electron chi connectivity index (χ3n) is 4.24. The molecule has 0 aliphatic heterocycles. The SMILES string of the molecule is Cc1c(F)cc(C(N)=O)cc1NC(=O)C1CC1c1ccccc1. The van der Waals surface area contributed by atoms with E-state index in [1.54, 1.807) is 6.92 Å². The molecule has 3 N–H and O–H groups in total. The zero-order chi connectivity index (χ0) is 16.6. The molecule has 1 aliphatic rings. The minimum absolute atomic E-state index is 0.0406. The van der Waals surface area contributed by atoms with Crippen molar-refractivity contribution < 1.29 is 14.0 Å². The molecule has 1 saturated carbocycles. The van der Waals surface area contributed by atoms with E-state index in [2.05, 4.69) is 5.32 Å². The molecule has 0 saturated heterocycles. The molecule has 0 aromatic heterocycles. The van der Waals surface area contributed by atoms with Crippen LogP contribution < -0.4 is 11.1 Å². The summed E-state index contributed by atoms with van der Waals surface area (Å²) in [6, 6.07) is 12.3. The van der Waals surface area contributed by atoms with Gasteiger partial charge in [0.1, 0.15) is 5.82 Å². The number of anilines is 1. The molecule has 2 amide bonds. The van der Waals surface area contributed by atoms with Crippen LogP contribution in [0.3, 0.4) is 0 Å². The smallest absolute Gasteiger partial charge is 0.248 e. The van der Waals surface area contributed by atoms with Crippen molar-refractivity contribution in [3.8, 4) is 0 Å². The van der Waals surface area contributed by atoms with E-state index < -0.39 is 11.7 Å². The Bertz CT molecular complexity index is 774. The van der Waals surface area contributed by atoms with Gasteiger partial charge in [0.25, 0.3) is 0 Å². The fraction of sp³-hybridized carbons (Fsp3) is 0.222. The number of amides is 2. The van der Waals surface area contributed by atoms with Crippen molar-refractivity contribution in [1.82, 2.24) is 0 Å². The van der Waals surface area contributed by atoms with Gasteiger partial charge < -0.3 is 11.1 Å². The molecule has 23 heavy (non-hydrogen) atoms. The van der Waals surface area contributed by atoms with Gasteiger partial charge in [0.05, 0.1) is 0 Å². The molecule has 0 spiro atoms. The Morgan fingerprint density at radius 3 is 2.57 bits per heavy atom. The van der Waals surface area contributed by atoms with E-state index >= 15 is 0 Å². The van der Waals surface area contributed by atoms with Crippen LogP contribution in [-0.2, 0) is 4.79 Å². The first-order valence-electron chi connectivity index (χ1n) is 7.43. The number of nitrogens with one attached hydrogen (secondary N) is 1. The Kier molecular flexibility index (Phi) is 3.86. The summed E-state index contributed by atoms with van der Waals surface area (Å²) < 4.78 is 13.8. The maximum absolute atomic E-state index is 13.8. The molecule has 4 nitrogen and oxygen atoms in total. The number of carbonyl (C=O) groups excluding carboxylic acids is 2. The molecular formula is C18H17FN2O2. The average molecular weight is 312 g/mol. The molecule has 2 atom stereocenters. The summed E-state index contributed by atoms with van der Waals surface area (Å²) in [6.45, 7) is 1.55. The fourth-order valence-electron chi connectivity index (χ4n) is 2.73. The van der Waals surface area contributed by atoms with Gasteiger partial charge in [-0.25, -0.2) is 4.39 Å². The molecule has 2 aromatic carbocycles. The average Bonchev–Trinajstić information content (AvgIpc) is 3.33. The summed E-state index contributed by atoms with van der Waals surface area (Å²) in [4.78, 5) is 23.6. The van der Waals surface area contributed by atoms with Crippen LogP contribution in [0.2, 0.25) is 0 Å². The second kappa shape index (κ2) is 5.83. The molecule has 118 valence electrons. The van der Waals surface area contributed by atoms with Gasteiger partial charge in [0.2, 0.25) is 11.8 Å². The first-order valence-corrected chi connectivity index (χ1v) is 7.43. The minimum atomic E-state index is -0.729. The summed E-state index contributed by atoms with van der Waals surface area (Å²) in [7, 11) is 0. The van der Waals surface area contributed by atoms with Crippen LogP contribution in [0.4, 0.5) is 10.1 Å². The molecule has 0 radical (unpaired) electrons. The highest BCUT2D eigenvalue weighted by Gasteiger charge is 2.43. The van der Waals surface area contributed by atoms with Crippen LogP contribution in [0.1, 0.15) is 33.8 Å². The standard InChI is InChI=1S/C18H17FN2O2/c1-10-15(19)7-12(17(20)22)8-16(10)21-18(23)14-9-13(14)11-5-3-2-4-6-11/h2-8,13-14H,9H2,1H3,(H2,20,22)(H,21,23). The normalized spacial score (nSPS) is 19.2. The topological polar surface area (TPSA) is 72.2 Å². The zero-order valence-electron chi connectivity index (χ0n) is 12.7. The number of nitrogens with two attached hydrogens (primary N) is 1. The number of halogens is 1. The van der Waals surface area contributed by atoms with E-state index in [0.717, 1.165) is 18.1 Å². The van der Waals surface area contributed by atoms with Crippen LogP contribution in [0.5, 0.6) is 0 Å². The molecule has 3 rings (SSSR count). The maximum atomic E-state index is 13.8. The van der Waals surface area contributed by atoms with Crippen LogP contribution in [0.15, 0.2) is 42.5 Å². The predicted octanol–water partition coefficient (Wildman–Crippen LogP) is 2.98. The summed E-state index contributed by atoms with van der Waals surface area (Å²) in [5.41, 5.74) is 6.94. The van der Waals surface area contributed by atoms with Crippen LogP contribution in [0.25, 0.3) is 0 Å². The van der Waals surface area contributed by atoms with E-state index in [1.807, 2.05) is 30.3 Å². The number of primary amides is 1. The van der Waals surface area contributed by atoms with Crippen LogP contribution >= 0.6 is 0 Å². The van der Waals surface area contributed by atoms with Gasteiger partial charge in [-0.1, -0.05) is 30.3 Å². The molecule has 2 unspecified atom stereocenters. The Hall–Kier alpha value is -2.69. The van der Waals surface area contributed by atoms with E-state index in [4.69, 9.17) is 5.73 Å². The molecular weight excluding hydrogens is 295 g/mol. The molecule has 1 fully saturated rings. The number of rotatable bonds is 4. The Morgan fingerprint density at radius 2 is 1.91 bits per heavy atom. The van der Waals surface area contributed by atoms with E-state index in [9.17, 15) is 14.0 Å². The quantitative estimate of drug-likeness (QED) is 0.911. The lowest BCUT2D eigenvalue weighted by Crippen LogP contribution is -2.18. The summed E-state index contributed by atoms with van der Waals surface area (Å²) in [5, 5.41) is 2.72. The van der Waals surface area contributed by atoms with Gasteiger partial charge in [-0.15, -0.1) is 0 Å². The van der Waals surface area contributed by atoms with Gasteiger partial charge in [0, 0.05) is 22.7 Å². The number of benzene rings is 2. The van der Waals surface area contributed by atoms with Crippen molar-refractivity contribution >= 4 is 17.5 Å². The van der Waals surface area contributed by atoms with E-state index in [-0.39, 0.29) is 23.3 Å². The van der Waals surface area contributed by atoms with Gasteiger partial charge in [-0.3, -0.25) is 9.59 Å². The summed E-state index contributed by atoms with van der Waals surface area (Å²) in [6.07, 6.45) is 0.771. The Balaban J connectivity index is 1.76. The molecule has 2 aromatic rings. The molecule has 0 heterocycles. The van der Waals surface area contributed by atoms with Crippen molar-refractivity contribution in [2.24, 2.45) is 11.7 Å². The lowest BCUT2D eigenvalue weighted by molar-refractivity contribution is -0.117. The van der Waals surface area contributed by atoms with Crippen molar-refractivity contribution in [3.63, 3.8) is 0 Å². The van der Waals surface area contributed by atoms with Crippen LogP contribution in [-0.4, -0.2) is 11.8 Å². The summed E-state index contributed by atoms with van der Waals surface area (Å²) >= 11 is 0. The third kappa shape index (κ3) is 3.08. The van der Waals surface area contributed by atoms with Gasteiger partial charge in [-0.2, -0.15) is 0 Å². The van der Waals surface area contributed by atoms with Crippen molar-refractivity contribution in [3.05, 3.63) is 65.0 Å². The highest BCUT2D eigenvalue weighted by molar-refractivity contribution is 5.98. The first-order chi connectivity index (χ1) is 11.0. The predicted molar refractivity (Wildman–Crippen MR) is 85.6 cm³/mol. The highest BCUT2D eigenvalue weighted by Crippen LogP contribution is 2.48. The largest absolute Gasteiger partial charge is 0.366 e. The Labute approximate surface area is 133 Å². The van der Waals surface area contributed by atoms with Crippen LogP contribution in [0, 0.1) is 18.7 Å². The second-order valence-corrected chi connectivity index (χ2v) is 5.84. The first kappa shape index (κ1) is 15.2. The van der Waals surface area contributed by atoms with Crippen molar-refractivity contribution in [1.29, 1.82) is 0 Å². The highest BCUT2D eigenvalue weighted by atomic mass is 19.1. The Morgan fingerprint density at radius 1 is 1.22 bits per heavy atom. The summed E-state index contributed by atoms with van der Waals surface area (Å²) in [5.74, 6) is -1.39. The zero-order valence-corrected chi connectivity index (χ0v) is 12.7. The van der Waals surface area contributed by atoms with Crippen molar-refractivity contribution in [2.75, 3.05) is 5.32 Å². The van der Waals surface area contributed by atoms with Gasteiger partial charge in [0.15, 0.2) is 0 Å². The third-order valence-corrected chi connectivity index (χ3v) is 4.24. The minimum Gasteiger partial charge on any atom is -0.366 e. The van der Waals surface area contributed by atoms with Gasteiger partial charge >= 0.3 is 0 Å². The number of hydrogen-bond donors (Lipinski definition) is 2.